The minimum absolute atomic E-state index is 0.0156. The lowest BCUT2D eigenvalue weighted by Crippen LogP contribution is -2.04. The Kier molecular flexibility index (Phi) is 2.53. The van der Waals surface area contributed by atoms with Gasteiger partial charge in [0.05, 0.1) is 23.1 Å². The van der Waals surface area contributed by atoms with Gasteiger partial charge in [-0.1, -0.05) is 0 Å². The topological polar surface area (TPSA) is 43.8 Å². The first kappa shape index (κ1) is 11.4. The Labute approximate surface area is 93.5 Å². The number of anilines is 1. The zero-order valence-electron chi connectivity index (χ0n) is 8.37. The summed E-state index contributed by atoms with van der Waals surface area (Å²) in [6.07, 6.45) is -2.99. The van der Waals surface area contributed by atoms with Crippen LogP contribution in [0.3, 0.4) is 0 Å². The minimum atomic E-state index is -4.47. The molecule has 90 valence electrons. The molecule has 0 saturated carbocycles. The Balaban J connectivity index is 2.44. The third-order valence-corrected chi connectivity index (χ3v) is 2.15. The summed E-state index contributed by atoms with van der Waals surface area (Å²) in [6.45, 7) is 0. The SMILES string of the molecule is Nc1cc(F)ccc1-n1cc(C(F)(F)F)cn1. The van der Waals surface area contributed by atoms with Crippen LogP contribution < -0.4 is 5.73 Å². The zero-order chi connectivity index (χ0) is 12.6. The number of hydrogen-bond donors (Lipinski definition) is 1. The molecule has 0 unspecified atom stereocenters. The largest absolute Gasteiger partial charge is 0.419 e. The molecule has 0 bridgehead atoms. The van der Waals surface area contributed by atoms with Gasteiger partial charge in [-0.3, -0.25) is 0 Å². The fourth-order valence-corrected chi connectivity index (χ4v) is 1.33. The lowest BCUT2D eigenvalue weighted by molar-refractivity contribution is -0.137. The second kappa shape index (κ2) is 3.76. The molecule has 0 aliphatic heterocycles. The van der Waals surface area contributed by atoms with Crippen LogP contribution in [0.4, 0.5) is 23.2 Å². The lowest BCUT2D eigenvalue weighted by atomic mass is 10.2. The fraction of sp³-hybridized carbons (Fsp3) is 0.100. The van der Waals surface area contributed by atoms with Crippen LogP contribution in [0.25, 0.3) is 5.69 Å². The molecule has 17 heavy (non-hydrogen) atoms. The Morgan fingerprint density at radius 3 is 2.47 bits per heavy atom. The highest BCUT2D eigenvalue weighted by atomic mass is 19.4. The molecule has 2 N–H and O–H groups in total. The molecule has 7 heteroatoms. The summed E-state index contributed by atoms with van der Waals surface area (Å²) in [5.41, 5.74) is 4.81. The summed E-state index contributed by atoms with van der Waals surface area (Å²) in [4.78, 5) is 0. The van der Waals surface area contributed by atoms with Gasteiger partial charge in [0.25, 0.3) is 0 Å². The molecule has 1 aromatic carbocycles. The van der Waals surface area contributed by atoms with Gasteiger partial charge in [0, 0.05) is 6.20 Å². The first-order chi connectivity index (χ1) is 7.88. The van der Waals surface area contributed by atoms with Gasteiger partial charge in [0.2, 0.25) is 0 Å². The molecule has 0 aliphatic carbocycles. The molecule has 2 aromatic rings. The standard InChI is InChI=1S/C10H7F4N3/c11-7-1-2-9(8(15)3-7)17-5-6(4-16-17)10(12,13)14/h1-5H,15H2. The van der Waals surface area contributed by atoms with Gasteiger partial charge >= 0.3 is 6.18 Å². The number of halogens is 4. The van der Waals surface area contributed by atoms with Crippen molar-refractivity contribution in [3.8, 4) is 5.69 Å². The van der Waals surface area contributed by atoms with E-state index in [4.69, 9.17) is 5.73 Å². The molecule has 2 rings (SSSR count). The van der Waals surface area contributed by atoms with Crippen molar-refractivity contribution in [2.24, 2.45) is 0 Å². The van der Waals surface area contributed by atoms with E-state index >= 15 is 0 Å². The summed E-state index contributed by atoms with van der Waals surface area (Å²) in [5.74, 6) is -0.561. The number of rotatable bonds is 1. The monoisotopic (exact) mass is 245 g/mol. The maximum atomic E-state index is 12.8. The smallest absolute Gasteiger partial charge is 0.397 e. The van der Waals surface area contributed by atoms with Crippen LogP contribution >= 0.6 is 0 Å². The molecule has 0 saturated heterocycles. The molecule has 1 heterocycles. The molecule has 0 spiro atoms. The highest BCUT2D eigenvalue weighted by Crippen LogP contribution is 2.29. The van der Waals surface area contributed by atoms with Gasteiger partial charge < -0.3 is 5.73 Å². The average Bonchev–Trinajstić information content (AvgIpc) is 2.65. The van der Waals surface area contributed by atoms with E-state index in [-0.39, 0.29) is 11.4 Å². The number of alkyl halides is 3. The van der Waals surface area contributed by atoms with E-state index in [2.05, 4.69) is 5.10 Å². The summed E-state index contributed by atoms with van der Waals surface area (Å²) in [5, 5.41) is 3.54. The van der Waals surface area contributed by atoms with Gasteiger partial charge in [-0.05, 0) is 18.2 Å². The van der Waals surface area contributed by atoms with Crippen molar-refractivity contribution < 1.29 is 17.6 Å². The van der Waals surface area contributed by atoms with Gasteiger partial charge in [-0.15, -0.1) is 0 Å². The van der Waals surface area contributed by atoms with E-state index in [0.29, 0.717) is 6.20 Å². The molecular formula is C10H7F4N3. The van der Waals surface area contributed by atoms with Gasteiger partial charge in [0.1, 0.15) is 5.82 Å². The number of nitrogens with zero attached hydrogens (tertiary/aromatic N) is 2. The maximum Gasteiger partial charge on any atom is 0.419 e. The summed E-state index contributed by atoms with van der Waals surface area (Å²) < 4.78 is 50.7. The van der Waals surface area contributed by atoms with Crippen molar-refractivity contribution in [1.29, 1.82) is 0 Å². The van der Waals surface area contributed by atoms with Crippen LogP contribution in [-0.4, -0.2) is 9.78 Å². The first-order valence-electron chi connectivity index (χ1n) is 4.55. The van der Waals surface area contributed by atoms with E-state index in [1.165, 1.54) is 6.07 Å². The quantitative estimate of drug-likeness (QED) is 0.620. The predicted octanol–water partition coefficient (Wildman–Crippen LogP) is 2.61. The molecule has 0 fully saturated rings. The highest BCUT2D eigenvalue weighted by Gasteiger charge is 2.32. The fourth-order valence-electron chi connectivity index (χ4n) is 1.33. The van der Waals surface area contributed by atoms with Crippen molar-refractivity contribution in [3.63, 3.8) is 0 Å². The molecular weight excluding hydrogens is 238 g/mol. The van der Waals surface area contributed by atoms with E-state index in [9.17, 15) is 17.6 Å². The predicted molar refractivity (Wildman–Crippen MR) is 52.9 cm³/mol. The van der Waals surface area contributed by atoms with Crippen LogP contribution in [0.1, 0.15) is 5.56 Å². The third kappa shape index (κ3) is 2.22. The van der Waals surface area contributed by atoms with Gasteiger partial charge in [-0.2, -0.15) is 18.3 Å². The van der Waals surface area contributed by atoms with Gasteiger partial charge in [-0.25, -0.2) is 9.07 Å². The Morgan fingerprint density at radius 1 is 1.24 bits per heavy atom. The van der Waals surface area contributed by atoms with Crippen LogP contribution in [0, 0.1) is 5.82 Å². The van der Waals surface area contributed by atoms with Crippen LogP contribution in [-0.2, 0) is 6.18 Å². The minimum Gasteiger partial charge on any atom is -0.397 e. The van der Waals surface area contributed by atoms with E-state index in [1.54, 1.807) is 0 Å². The van der Waals surface area contributed by atoms with E-state index in [1.807, 2.05) is 0 Å². The second-order valence-electron chi connectivity index (χ2n) is 3.37. The van der Waals surface area contributed by atoms with Crippen LogP contribution in [0.15, 0.2) is 30.6 Å². The van der Waals surface area contributed by atoms with Crippen molar-refractivity contribution in [1.82, 2.24) is 9.78 Å². The number of hydrogen-bond acceptors (Lipinski definition) is 2. The summed E-state index contributed by atoms with van der Waals surface area (Å²) >= 11 is 0. The van der Waals surface area contributed by atoms with Crippen molar-refractivity contribution in [3.05, 3.63) is 42.0 Å². The van der Waals surface area contributed by atoms with Crippen LogP contribution in [0.5, 0.6) is 0 Å². The lowest BCUT2D eigenvalue weighted by Gasteiger charge is -2.05. The normalized spacial score (nSPS) is 11.8. The number of aromatic nitrogens is 2. The summed E-state index contributed by atoms with van der Waals surface area (Å²) in [7, 11) is 0. The zero-order valence-corrected chi connectivity index (χ0v) is 8.37. The third-order valence-electron chi connectivity index (χ3n) is 2.15. The van der Waals surface area contributed by atoms with E-state index in [0.717, 1.165) is 23.0 Å². The van der Waals surface area contributed by atoms with Crippen molar-refractivity contribution >= 4 is 5.69 Å². The van der Waals surface area contributed by atoms with Crippen LogP contribution in [0.2, 0.25) is 0 Å². The molecule has 0 radical (unpaired) electrons. The molecule has 3 nitrogen and oxygen atoms in total. The van der Waals surface area contributed by atoms with Crippen molar-refractivity contribution in [2.75, 3.05) is 5.73 Å². The maximum absolute atomic E-state index is 12.8. The average molecular weight is 245 g/mol. The number of benzene rings is 1. The Morgan fingerprint density at radius 2 is 1.94 bits per heavy atom. The first-order valence-corrected chi connectivity index (χ1v) is 4.55. The number of nitrogen functional groups attached to an aromatic ring is 1. The Bertz CT molecular complexity index is 545. The number of nitrogens with two attached hydrogens (primary N) is 1. The van der Waals surface area contributed by atoms with Gasteiger partial charge in [0.15, 0.2) is 0 Å². The van der Waals surface area contributed by atoms with E-state index < -0.39 is 17.6 Å². The Hall–Kier alpha value is -2.05. The second-order valence-corrected chi connectivity index (χ2v) is 3.37. The van der Waals surface area contributed by atoms with Crippen molar-refractivity contribution in [2.45, 2.75) is 6.18 Å². The molecule has 0 atom stereocenters. The molecule has 1 aromatic heterocycles. The molecule has 0 amide bonds. The molecule has 0 aliphatic rings. The highest BCUT2D eigenvalue weighted by molar-refractivity contribution is 5.57. The summed E-state index contributed by atoms with van der Waals surface area (Å²) in [6, 6.07) is 3.38.